The number of methoxy groups -OCH3 is 1. The number of halogens is 1. The summed E-state index contributed by atoms with van der Waals surface area (Å²) in [5.41, 5.74) is 2.36. The third kappa shape index (κ3) is 3.56. The Morgan fingerprint density at radius 3 is 2.71 bits per heavy atom. The van der Waals surface area contributed by atoms with Gasteiger partial charge in [0.1, 0.15) is 5.75 Å². The van der Waals surface area contributed by atoms with Crippen LogP contribution in [0.4, 0.5) is 4.39 Å². The first-order valence-electron chi connectivity index (χ1n) is 6.52. The molecule has 0 saturated carbocycles. The lowest BCUT2D eigenvalue weighted by atomic mass is 10.1. The SMILES string of the molecule is COc1ccc(C)cc1CN(C)C(=O)c1ccc(F)nc1. The third-order valence-corrected chi connectivity index (χ3v) is 3.16. The van der Waals surface area contributed by atoms with E-state index in [4.69, 9.17) is 4.74 Å². The second-order valence-electron chi connectivity index (χ2n) is 4.85. The minimum atomic E-state index is -0.602. The topological polar surface area (TPSA) is 42.4 Å². The Morgan fingerprint density at radius 1 is 1.33 bits per heavy atom. The molecule has 0 fully saturated rings. The molecule has 4 nitrogen and oxygen atoms in total. The summed E-state index contributed by atoms with van der Waals surface area (Å²) >= 11 is 0. The zero-order chi connectivity index (χ0) is 15.4. The average Bonchev–Trinajstić information content (AvgIpc) is 2.47. The molecule has 0 aliphatic rings. The van der Waals surface area contributed by atoms with Crippen molar-refractivity contribution >= 4 is 5.91 Å². The monoisotopic (exact) mass is 288 g/mol. The Bertz CT molecular complexity index is 641. The van der Waals surface area contributed by atoms with Gasteiger partial charge in [-0.3, -0.25) is 4.79 Å². The van der Waals surface area contributed by atoms with Gasteiger partial charge < -0.3 is 9.64 Å². The average molecular weight is 288 g/mol. The Kier molecular flexibility index (Phi) is 4.52. The number of hydrogen-bond acceptors (Lipinski definition) is 3. The minimum Gasteiger partial charge on any atom is -0.496 e. The molecule has 0 bridgehead atoms. The van der Waals surface area contributed by atoms with Crippen LogP contribution in [-0.2, 0) is 6.54 Å². The first-order valence-corrected chi connectivity index (χ1v) is 6.52. The van der Waals surface area contributed by atoms with Crippen LogP contribution < -0.4 is 4.74 Å². The molecule has 0 N–H and O–H groups in total. The summed E-state index contributed by atoms with van der Waals surface area (Å²) in [4.78, 5) is 17.3. The molecule has 1 heterocycles. The number of amides is 1. The van der Waals surface area contributed by atoms with E-state index in [1.807, 2.05) is 25.1 Å². The number of ether oxygens (including phenoxy) is 1. The maximum Gasteiger partial charge on any atom is 0.255 e. The Labute approximate surface area is 123 Å². The quantitative estimate of drug-likeness (QED) is 0.812. The van der Waals surface area contributed by atoms with Crippen LogP contribution in [0.5, 0.6) is 5.75 Å². The van der Waals surface area contributed by atoms with Crippen molar-refractivity contribution in [1.29, 1.82) is 0 Å². The molecule has 1 aromatic heterocycles. The van der Waals surface area contributed by atoms with Crippen molar-refractivity contribution in [3.05, 3.63) is 59.2 Å². The molecular formula is C16H17FN2O2. The second kappa shape index (κ2) is 6.35. The van der Waals surface area contributed by atoms with Crippen molar-refractivity contribution in [1.82, 2.24) is 9.88 Å². The van der Waals surface area contributed by atoms with E-state index in [1.165, 1.54) is 18.3 Å². The molecule has 0 spiro atoms. The normalized spacial score (nSPS) is 10.3. The number of nitrogens with zero attached hydrogens (tertiary/aromatic N) is 2. The second-order valence-corrected chi connectivity index (χ2v) is 4.85. The summed E-state index contributed by atoms with van der Waals surface area (Å²) in [6.45, 7) is 2.38. The van der Waals surface area contributed by atoms with Gasteiger partial charge in [0.25, 0.3) is 5.91 Å². The lowest BCUT2D eigenvalue weighted by Gasteiger charge is -2.19. The minimum absolute atomic E-state index is 0.217. The number of hydrogen-bond donors (Lipinski definition) is 0. The van der Waals surface area contributed by atoms with Gasteiger partial charge in [0.2, 0.25) is 5.95 Å². The molecule has 0 aliphatic heterocycles. The van der Waals surface area contributed by atoms with Crippen molar-refractivity contribution in [2.75, 3.05) is 14.2 Å². The molecule has 0 radical (unpaired) electrons. The molecule has 5 heteroatoms. The van der Waals surface area contributed by atoms with Gasteiger partial charge in [0.15, 0.2) is 0 Å². The van der Waals surface area contributed by atoms with Gasteiger partial charge in [-0.15, -0.1) is 0 Å². The van der Waals surface area contributed by atoms with E-state index in [0.29, 0.717) is 12.1 Å². The fourth-order valence-electron chi connectivity index (χ4n) is 2.08. The predicted molar refractivity (Wildman–Crippen MR) is 77.7 cm³/mol. The highest BCUT2D eigenvalue weighted by Gasteiger charge is 2.14. The highest BCUT2D eigenvalue weighted by atomic mass is 19.1. The van der Waals surface area contributed by atoms with Crippen LogP contribution >= 0.6 is 0 Å². The van der Waals surface area contributed by atoms with Crippen LogP contribution in [0.25, 0.3) is 0 Å². The molecule has 2 aromatic rings. The molecule has 0 aliphatic carbocycles. The van der Waals surface area contributed by atoms with E-state index < -0.39 is 5.95 Å². The fourth-order valence-corrected chi connectivity index (χ4v) is 2.08. The van der Waals surface area contributed by atoms with Crippen LogP contribution in [0.2, 0.25) is 0 Å². The molecule has 0 saturated heterocycles. The number of pyridine rings is 1. The lowest BCUT2D eigenvalue weighted by Crippen LogP contribution is -2.26. The molecule has 0 unspecified atom stereocenters. The molecule has 21 heavy (non-hydrogen) atoms. The highest BCUT2D eigenvalue weighted by Crippen LogP contribution is 2.21. The van der Waals surface area contributed by atoms with Crippen LogP contribution in [0.15, 0.2) is 36.5 Å². The smallest absolute Gasteiger partial charge is 0.255 e. The molecule has 1 aromatic carbocycles. The fraction of sp³-hybridized carbons (Fsp3) is 0.250. The zero-order valence-electron chi connectivity index (χ0n) is 12.3. The van der Waals surface area contributed by atoms with Crippen molar-refractivity contribution in [2.45, 2.75) is 13.5 Å². The Hall–Kier alpha value is -2.43. The first kappa shape index (κ1) is 15.0. The summed E-state index contributed by atoms with van der Waals surface area (Å²) in [5, 5.41) is 0. The molecule has 1 amide bonds. The van der Waals surface area contributed by atoms with E-state index >= 15 is 0 Å². The first-order chi connectivity index (χ1) is 10.0. The van der Waals surface area contributed by atoms with E-state index in [9.17, 15) is 9.18 Å². The number of aromatic nitrogens is 1. The van der Waals surface area contributed by atoms with Gasteiger partial charge in [-0.05, 0) is 25.1 Å². The molecule has 110 valence electrons. The van der Waals surface area contributed by atoms with Gasteiger partial charge in [-0.25, -0.2) is 4.98 Å². The number of rotatable bonds is 4. The van der Waals surface area contributed by atoms with Crippen molar-refractivity contribution in [3.63, 3.8) is 0 Å². The van der Waals surface area contributed by atoms with Crippen LogP contribution in [-0.4, -0.2) is 29.9 Å². The summed E-state index contributed by atoms with van der Waals surface area (Å²) in [6.07, 6.45) is 1.24. The van der Waals surface area contributed by atoms with E-state index in [1.54, 1.807) is 19.1 Å². The van der Waals surface area contributed by atoms with Gasteiger partial charge in [-0.2, -0.15) is 4.39 Å². The Morgan fingerprint density at radius 2 is 2.10 bits per heavy atom. The van der Waals surface area contributed by atoms with Gasteiger partial charge >= 0.3 is 0 Å². The lowest BCUT2D eigenvalue weighted by molar-refractivity contribution is 0.0783. The van der Waals surface area contributed by atoms with Crippen LogP contribution in [0.1, 0.15) is 21.5 Å². The van der Waals surface area contributed by atoms with Crippen molar-refractivity contribution in [3.8, 4) is 5.75 Å². The maximum atomic E-state index is 12.8. The predicted octanol–water partition coefficient (Wildman–Crippen LogP) is 2.81. The molecule has 0 atom stereocenters. The third-order valence-electron chi connectivity index (χ3n) is 3.16. The summed E-state index contributed by atoms with van der Waals surface area (Å²) in [7, 11) is 3.29. The van der Waals surface area contributed by atoms with E-state index in [2.05, 4.69) is 4.98 Å². The van der Waals surface area contributed by atoms with Crippen LogP contribution in [0, 0.1) is 12.9 Å². The maximum absolute atomic E-state index is 12.8. The number of benzene rings is 1. The summed E-state index contributed by atoms with van der Waals surface area (Å²) in [6, 6.07) is 8.41. The van der Waals surface area contributed by atoms with Crippen molar-refractivity contribution < 1.29 is 13.9 Å². The van der Waals surface area contributed by atoms with Crippen LogP contribution in [0.3, 0.4) is 0 Å². The number of carbonyl (C=O) groups is 1. The summed E-state index contributed by atoms with van der Waals surface area (Å²) in [5.74, 6) is -0.0851. The van der Waals surface area contributed by atoms with Crippen molar-refractivity contribution in [2.24, 2.45) is 0 Å². The largest absolute Gasteiger partial charge is 0.496 e. The Balaban J connectivity index is 2.17. The standard InChI is InChI=1S/C16H17FN2O2/c1-11-4-6-14(21-3)13(8-11)10-19(2)16(20)12-5-7-15(17)18-9-12/h4-9H,10H2,1-3H3. The number of carbonyl (C=O) groups excluding carboxylic acids is 1. The molecule has 2 rings (SSSR count). The zero-order valence-corrected chi connectivity index (χ0v) is 12.3. The van der Waals surface area contributed by atoms with Gasteiger partial charge in [0.05, 0.1) is 12.7 Å². The van der Waals surface area contributed by atoms with Gasteiger partial charge in [0, 0.05) is 25.4 Å². The van der Waals surface area contributed by atoms with E-state index in [0.717, 1.165) is 16.9 Å². The van der Waals surface area contributed by atoms with E-state index in [-0.39, 0.29) is 5.91 Å². The molecular weight excluding hydrogens is 271 g/mol. The highest BCUT2D eigenvalue weighted by molar-refractivity contribution is 5.93. The number of aryl methyl sites for hydroxylation is 1. The summed E-state index contributed by atoms with van der Waals surface area (Å²) < 4.78 is 18.1. The van der Waals surface area contributed by atoms with Gasteiger partial charge in [-0.1, -0.05) is 17.7 Å².